The molecule has 1 heterocycles. The minimum atomic E-state index is -0.632. The van der Waals surface area contributed by atoms with Crippen LogP contribution < -0.4 is 0 Å². The van der Waals surface area contributed by atoms with E-state index in [0.29, 0.717) is 12.5 Å². The molecule has 3 heteroatoms. The first kappa shape index (κ1) is 10.9. The van der Waals surface area contributed by atoms with Gasteiger partial charge in [0, 0.05) is 5.56 Å². The Kier molecular flexibility index (Phi) is 3.01. The largest absolute Gasteiger partial charge is 0.343 e. The van der Waals surface area contributed by atoms with E-state index >= 15 is 0 Å². The summed E-state index contributed by atoms with van der Waals surface area (Å²) in [5.41, 5.74) is 2.27. The van der Waals surface area contributed by atoms with Crippen LogP contribution >= 0.6 is 11.6 Å². The lowest BCUT2D eigenvalue weighted by atomic mass is 10.1. The van der Waals surface area contributed by atoms with Crippen LogP contribution in [0.15, 0.2) is 24.3 Å². The summed E-state index contributed by atoms with van der Waals surface area (Å²) in [6.45, 7) is 4.56. The predicted molar refractivity (Wildman–Crippen MR) is 60.1 cm³/mol. The van der Waals surface area contributed by atoms with Gasteiger partial charge in [-0.2, -0.15) is 0 Å². The topological polar surface area (TPSA) is 18.5 Å². The van der Waals surface area contributed by atoms with Crippen LogP contribution in [0.1, 0.15) is 18.1 Å². The molecule has 1 aromatic rings. The zero-order valence-electron chi connectivity index (χ0n) is 9.00. The maximum Gasteiger partial charge on any atom is 0.192 e. The monoisotopic (exact) mass is 226 g/mol. The molecular formula is C12H15ClO2. The number of halogens is 1. The van der Waals surface area contributed by atoms with E-state index in [1.54, 1.807) is 0 Å². The molecular weight excluding hydrogens is 212 g/mol. The highest BCUT2D eigenvalue weighted by molar-refractivity contribution is 6.18. The summed E-state index contributed by atoms with van der Waals surface area (Å²) in [7, 11) is 0. The molecule has 1 aromatic carbocycles. The van der Waals surface area contributed by atoms with Gasteiger partial charge in [0.15, 0.2) is 5.79 Å². The molecule has 82 valence electrons. The molecule has 1 aliphatic heterocycles. The van der Waals surface area contributed by atoms with Gasteiger partial charge in [-0.05, 0) is 13.8 Å². The molecule has 2 nitrogen and oxygen atoms in total. The Bertz CT molecular complexity index is 336. The lowest BCUT2D eigenvalue weighted by molar-refractivity contribution is -0.159. The zero-order valence-corrected chi connectivity index (χ0v) is 9.75. The third kappa shape index (κ3) is 2.17. The maximum absolute atomic E-state index is 5.77. The number of ether oxygens (including phenoxy) is 2. The second-order valence-corrected chi connectivity index (χ2v) is 4.33. The van der Waals surface area contributed by atoms with Gasteiger partial charge >= 0.3 is 0 Å². The van der Waals surface area contributed by atoms with E-state index in [1.165, 1.54) is 5.56 Å². The van der Waals surface area contributed by atoms with E-state index in [1.807, 2.05) is 19.1 Å². The van der Waals surface area contributed by atoms with E-state index in [2.05, 4.69) is 19.1 Å². The summed E-state index contributed by atoms with van der Waals surface area (Å²) in [6, 6.07) is 8.18. The van der Waals surface area contributed by atoms with Crippen LogP contribution in [0.2, 0.25) is 0 Å². The highest BCUT2D eigenvalue weighted by Crippen LogP contribution is 2.34. The molecule has 1 fully saturated rings. The van der Waals surface area contributed by atoms with E-state index in [0.717, 1.165) is 5.56 Å². The molecule has 2 atom stereocenters. The summed E-state index contributed by atoms with van der Waals surface area (Å²) < 4.78 is 11.4. The maximum atomic E-state index is 5.77. The van der Waals surface area contributed by atoms with Crippen LogP contribution in [0, 0.1) is 6.92 Å². The Labute approximate surface area is 95.1 Å². The Morgan fingerprint density at radius 1 is 1.40 bits per heavy atom. The summed E-state index contributed by atoms with van der Waals surface area (Å²) in [6.07, 6.45) is -0.00188. The standard InChI is InChI=1S/C12H15ClO2/c1-9-3-5-10(6-4-9)12(2)14-8-11(7-13)15-12/h3-6,11H,7-8H2,1-2H3/t11-,12+/m1/s1. The summed E-state index contributed by atoms with van der Waals surface area (Å²) in [4.78, 5) is 0. The molecule has 2 rings (SSSR count). The number of alkyl halides is 1. The second-order valence-electron chi connectivity index (χ2n) is 4.02. The van der Waals surface area contributed by atoms with Crippen LogP contribution in [0.3, 0.4) is 0 Å². The van der Waals surface area contributed by atoms with Gasteiger partial charge in [0.2, 0.25) is 0 Å². The third-order valence-electron chi connectivity index (χ3n) is 2.68. The first-order chi connectivity index (χ1) is 7.14. The lowest BCUT2D eigenvalue weighted by Crippen LogP contribution is -2.24. The number of aryl methyl sites for hydroxylation is 1. The molecule has 0 amide bonds. The van der Waals surface area contributed by atoms with Crippen molar-refractivity contribution in [2.24, 2.45) is 0 Å². The van der Waals surface area contributed by atoms with Crippen molar-refractivity contribution >= 4 is 11.6 Å². The van der Waals surface area contributed by atoms with E-state index in [4.69, 9.17) is 21.1 Å². The van der Waals surface area contributed by atoms with Crippen molar-refractivity contribution < 1.29 is 9.47 Å². The van der Waals surface area contributed by atoms with E-state index in [-0.39, 0.29) is 6.10 Å². The molecule has 1 saturated heterocycles. The average molecular weight is 227 g/mol. The summed E-state index contributed by atoms with van der Waals surface area (Å²) >= 11 is 5.74. The SMILES string of the molecule is Cc1ccc([C@@]2(C)OC[C@@H](CCl)O2)cc1. The Morgan fingerprint density at radius 3 is 2.60 bits per heavy atom. The van der Waals surface area contributed by atoms with Crippen molar-refractivity contribution in [1.82, 2.24) is 0 Å². The van der Waals surface area contributed by atoms with Gasteiger partial charge in [0.1, 0.15) is 0 Å². The van der Waals surface area contributed by atoms with Gasteiger partial charge < -0.3 is 9.47 Å². The van der Waals surface area contributed by atoms with Gasteiger partial charge in [-0.15, -0.1) is 11.6 Å². The number of hydrogen-bond donors (Lipinski definition) is 0. The minimum Gasteiger partial charge on any atom is -0.343 e. The quantitative estimate of drug-likeness (QED) is 0.722. The fourth-order valence-electron chi connectivity index (χ4n) is 1.72. The van der Waals surface area contributed by atoms with Crippen LogP contribution in [0.5, 0.6) is 0 Å². The highest BCUT2D eigenvalue weighted by Gasteiger charge is 2.38. The van der Waals surface area contributed by atoms with Crippen molar-refractivity contribution in [2.45, 2.75) is 25.7 Å². The van der Waals surface area contributed by atoms with Crippen molar-refractivity contribution in [2.75, 3.05) is 12.5 Å². The first-order valence-electron chi connectivity index (χ1n) is 5.09. The first-order valence-corrected chi connectivity index (χ1v) is 5.62. The molecule has 0 bridgehead atoms. The second kappa shape index (κ2) is 4.12. The molecule has 15 heavy (non-hydrogen) atoms. The Hall–Kier alpha value is -0.570. The molecule has 0 N–H and O–H groups in total. The van der Waals surface area contributed by atoms with Crippen LogP contribution in [-0.4, -0.2) is 18.6 Å². The number of benzene rings is 1. The fourth-order valence-corrected chi connectivity index (χ4v) is 1.87. The van der Waals surface area contributed by atoms with Gasteiger partial charge in [-0.25, -0.2) is 0 Å². The highest BCUT2D eigenvalue weighted by atomic mass is 35.5. The molecule has 0 radical (unpaired) electrons. The predicted octanol–water partition coefficient (Wildman–Crippen LogP) is 2.82. The van der Waals surface area contributed by atoms with E-state index in [9.17, 15) is 0 Å². The fraction of sp³-hybridized carbons (Fsp3) is 0.500. The van der Waals surface area contributed by atoms with Crippen LogP contribution in [-0.2, 0) is 15.3 Å². The normalized spacial score (nSPS) is 30.7. The lowest BCUT2D eigenvalue weighted by Gasteiger charge is -2.23. The van der Waals surface area contributed by atoms with Gasteiger partial charge in [0.05, 0.1) is 18.6 Å². The van der Waals surface area contributed by atoms with Crippen molar-refractivity contribution in [3.8, 4) is 0 Å². The zero-order chi connectivity index (χ0) is 10.9. The molecule has 0 unspecified atom stereocenters. The number of hydrogen-bond acceptors (Lipinski definition) is 2. The molecule has 0 saturated carbocycles. The smallest absolute Gasteiger partial charge is 0.192 e. The summed E-state index contributed by atoms with van der Waals surface area (Å²) in [5.74, 6) is -0.158. The van der Waals surface area contributed by atoms with Crippen LogP contribution in [0.25, 0.3) is 0 Å². The van der Waals surface area contributed by atoms with Crippen molar-refractivity contribution in [3.63, 3.8) is 0 Å². The molecule has 1 aliphatic rings. The van der Waals surface area contributed by atoms with Gasteiger partial charge in [-0.1, -0.05) is 29.8 Å². The van der Waals surface area contributed by atoms with Gasteiger partial charge in [-0.3, -0.25) is 0 Å². The van der Waals surface area contributed by atoms with Crippen molar-refractivity contribution in [3.05, 3.63) is 35.4 Å². The number of rotatable bonds is 2. The molecule has 0 aliphatic carbocycles. The molecule has 0 spiro atoms. The van der Waals surface area contributed by atoms with Crippen LogP contribution in [0.4, 0.5) is 0 Å². The average Bonchev–Trinajstić information content (AvgIpc) is 2.62. The Balaban J connectivity index is 2.20. The minimum absolute atomic E-state index is 0.00188. The van der Waals surface area contributed by atoms with Crippen molar-refractivity contribution in [1.29, 1.82) is 0 Å². The van der Waals surface area contributed by atoms with E-state index < -0.39 is 5.79 Å². The third-order valence-corrected chi connectivity index (χ3v) is 3.03. The van der Waals surface area contributed by atoms with Gasteiger partial charge in [0.25, 0.3) is 0 Å². The molecule has 0 aromatic heterocycles. The Morgan fingerprint density at radius 2 is 2.07 bits per heavy atom. The summed E-state index contributed by atoms with van der Waals surface area (Å²) in [5, 5.41) is 0.